The van der Waals surface area contributed by atoms with Gasteiger partial charge in [0.25, 0.3) is 0 Å². The van der Waals surface area contributed by atoms with E-state index in [1.54, 1.807) is 36.2 Å². The standard InChI is InChI=1S/C20H19ClFN3OS/c21-15-5-7-16(24-11-15)6-3-13-4-8-17(22)18(10-13)26-20-9-1-2-14(20)12-27-19(23)25-20/h3-8,10-11,14H,1-2,9,12H2,(H2,23,25)/b6-3+. The Labute approximate surface area is 166 Å². The first kappa shape index (κ1) is 18.3. The van der Waals surface area contributed by atoms with Crippen molar-refractivity contribution in [3.63, 3.8) is 0 Å². The molecule has 4 nitrogen and oxygen atoms in total. The molecule has 7 heteroatoms. The Bertz CT molecular complexity index is 903. The molecule has 27 heavy (non-hydrogen) atoms. The second-order valence-electron chi connectivity index (χ2n) is 6.72. The third-order valence-corrected chi connectivity index (χ3v) is 6.08. The highest BCUT2D eigenvalue weighted by Gasteiger charge is 2.48. The van der Waals surface area contributed by atoms with Gasteiger partial charge in [-0.2, -0.15) is 0 Å². The third kappa shape index (κ3) is 3.96. The minimum atomic E-state index is -0.740. The van der Waals surface area contributed by atoms with Gasteiger partial charge in [-0.3, -0.25) is 4.98 Å². The molecule has 0 saturated heterocycles. The predicted octanol–water partition coefficient (Wildman–Crippen LogP) is 4.98. The number of thioether (sulfide) groups is 1. The van der Waals surface area contributed by atoms with Gasteiger partial charge in [-0.25, -0.2) is 9.38 Å². The molecule has 0 amide bonds. The van der Waals surface area contributed by atoms with Gasteiger partial charge < -0.3 is 10.5 Å². The van der Waals surface area contributed by atoms with E-state index in [1.165, 1.54) is 6.07 Å². The fraction of sp³-hybridized carbons (Fsp3) is 0.300. The summed E-state index contributed by atoms with van der Waals surface area (Å²) in [6, 6.07) is 8.40. The summed E-state index contributed by atoms with van der Waals surface area (Å²) in [5.41, 5.74) is 6.77. The maximum Gasteiger partial charge on any atom is 0.206 e. The smallest absolute Gasteiger partial charge is 0.206 e. The van der Waals surface area contributed by atoms with Crippen LogP contribution in [0.1, 0.15) is 30.5 Å². The molecular weight excluding hydrogens is 385 g/mol. The Morgan fingerprint density at radius 2 is 2.19 bits per heavy atom. The Balaban J connectivity index is 1.59. The van der Waals surface area contributed by atoms with Crippen LogP contribution in [0, 0.1) is 11.7 Å². The Morgan fingerprint density at radius 1 is 1.30 bits per heavy atom. The van der Waals surface area contributed by atoms with Crippen molar-refractivity contribution in [2.24, 2.45) is 16.6 Å². The van der Waals surface area contributed by atoms with Crippen molar-refractivity contribution in [1.29, 1.82) is 0 Å². The number of pyridine rings is 1. The summed E-state index contributed by atoms with van der Waals surface area (Å²) in [5, 5.41) is 1.10. The van der Waals surface area contributed by atoms with E-state index < -0.39 is 11.5 Å². The van der Waals surface area contributed by atoms with Crippen LogP contribution in [0.3, 0.4) is 0 Å². The molecule has 0 radical (unpaired) electrons. The number of nitrogens with two attached hydrogens (primary N) is 1. The maximum absolute atomic E-state index is 14.4. The van der Waals surface area contributed by atoms with Gasteiger partial charge in [0.15, 0.2) is 16.7 Å². The van der Waals surface area contributed by atoms with E-state index in [1.807, 2.05) is 18.2 Å². The highest BCUT2D eigenvalue weighted by Crippen LogP contribution is 2.45. The number of ether oxygens (including phenoxy) is 1. The van der Waals surface area contributed by atoms with Crippen LogP contribution in [0.2, 0.25) is 5.02 Å². The first-order valence-electron chi connectivity index (χ1n) is 8.80. The zero-order valence-corrected chi connectivity index (χ0v) is 16.1. The van der Waals surface area contributed by atoms with Gasteiger partial charge in [0.2, 0.25) is 5.72 Å². The second-order valence-corrected chi connectivity index (χ2v) is 8.20. The fourth-order valence-electron chi connectivity index (χ4n) is 3.51. The molecule has 1 saturated carbocycles. The van der Waals surface area contributed by atoms with E-state index in [-0.39, 0.29) is 11.7 Å². The van der Waals surface area contributed by atoms with Gasteiger partial charge >= 0.3 is 0 Å². The largest absolute Gasteiger partial charge is 0.463 e. The Hall–Kier alpha value is -2.05. The van der Waals surface area contributed by atoms with Crippen LogP contribution in [-0.4, -0.2) is 21.6 Å². The topological polar surface area (TPSA) is 60.5 Å². The molecule has 0 bridgehead atoms. The van der Waals surface area contributed by atoms with Crippen LogP contribution in [-0.2, 0) is 0 Å². The molecule has 1 aromatic carbocycles. The Kier molecular flexibility index (Phi) is 5.10. The molecule has 2 N–H and O–H groups in total. The van der Waals surface area contributed by atoms with Crippen LogP contribution < -0.4 is 10.5 Å². The molecule has 4 rings (SSSR count). The van der Waals surface area contributed by atoms with Gasteiger partial charge in [0.05, 0.1) is 10.7 Å². The lowest BCUT2D eigenvalue weighted by Gasteiger charge is -2.35. The minimum Gasteiger partial charge on any atom is -0.463 e. The van der Waals surface area contributed by atoms with Crippen molar-refractivity contribution in [1.82, 2.24) is 4.98 Å². The molecule has 1 fully saturated rings. The summed E-state index contributed by atoms with van der Waals surface area (Å²) in [6.07, 6.45) is 8.08. The molecule has 2 atom stereocenters. The average Bonchev–Trinajstić information content (AvgIpc) is 3.06. The quantitative estimate of drug-likeness (QED) is 0.781. The second kappa shape index (κ2) is 7.52. The number of hydrogen-bond acceptors (Lipinski definition) is 5. The summed E-state index contributed by atoms with van der Waals surface area (Å²) in [7, 11) is 0. The molecule has 1 aliphatic carbocycles. The van der Waals surface area contributed by atoms with E-state index in [0.717, 1.165) is 36.3 Å². The van der Waals surface area contributed by atoms with Crippen LogP contribution in [0.5, 0.6) is 5.75 Å². The summed E-state index contributed by atoms with van der Waals surface area (Å²) >= 11 is 7.39. The van der Waals surface area contributed by atoms with Gasteiger partial charge in [-0.15, -0.1) is 0 Å². The molecule has 2 unspecified atom stereocenters. The van der Waals surface area contributed by atoms with E-state index in [2.05, 4.69) is 9.98 Å². The first-order valence-corrected chi connectivity index (χ1v) is 10.2. The van der Waals surface area contributed by atoms with Crippen molar-refractivity contribution in [2.75, 3.05) is 5.75 Å². The highest BCUT2D eigenvalue weighted by atomic mass is 35.5. The van der Waals surface area contributed by atoms with Crippen molar-refractivity contribution in [2.45, 2.75) is 25.0 Å². The van der Waals surface area contributed by atoms with Crippen molar-refractivity contribution in [3.05, 3.63) is 58.6 Å². The Morgan fingerprint density at radius 3 is 3.00 bits per heavy atom. The average molecular weight is 404 g/mol. The zero-order valence-electron chi connectivity index (χ0n) is 14.6. The molecule has 0 spiro atoms. The number of hydrogen-bond donors (Lipinski definition) is 1. The highest BCUT2D eigenvalue weighted by molar-refractivity contribution is 8.13. The molecule has 2 aromatic rings. The number of amidine groups is 1. The zero-order chi connectivity index (χ0) is 18.9. The van der Waals surface area contributed by atoms with E-state index >= 15 is 0 Å². The van der Waals surface area contributed by atoms with Crippen LogP contribution >= 0.6 is 23.4 Å². The lowest BCUT2D eigenvalue weighted by molar-refractivity contribution is 0.0426. The third-order valence-electron chi connectivity index (χ3n) is 4.90. The summed E-state index contributed by atoms with van der Waals surface area (Å²) in [6.45, 7) is 0. The lowest BCUT2D eigenvalue weighted by Crippen LogP contribution is -2.44. The first-order chi connectivity index (χ1) is 13.0. The molecule has 140 valence electrons. The van der Waals surface area contributed by atoms with Crippen molar-refractivity contribution in [3.8, 4) is 5.75 Å². The minimum absolute atomic E-state index is 0.205. The number of halogens is 2. The number of aromatic nitrogens is 1. The molecule has 2 heterocycles. The fourth-order valence-corrected chi connectivity index (χ4v) is 4.64. The van der Waals surface area contributed by atoms with Crippen molar-refractivity contribution >= 4 is 40.7 Å². The number of benzene rings is 1. The maximum atomic E-state index is 14.4. The van der Waals surface area contributed by atoms with E-state index in [4.69, 9.17) is 22.1 Å². The van der Waals surface area contributed by atoms with Gasteiger partial charge in [0, 0.05) is 24.3 Å². The van der Waals surface area contributed by atoms with Gasteiger partial charge in [-0.05, 0) is 48.7 Å². The van der Waals surface area contributed by atoms with E-state index in [9.17, 15) is 4.39 Å². The number of fused-ring (bicyclic) bond motifs is 1. The van der Waals surface area contributed by atoms with Crippen molar-refractivity contribution < 1.29 is 9.13 Å². The van der Waals surface area contributed by atoms with E-state index in [0.29, 0.717) is 10.2 Å². The lowest BCUT2D eigenvalue weighted by atomic mass is 10.0. The summed E-state index contributed by atoms with van der Waals surface area (Å²) in [4.78, 5) is 8.79. The molecule has 2 aliphatic rings. The number of nitrogens with zero attached hydrogens (tertiary/aromatic N) is 2. The normalized spacial score (nSPS) is 24.7. The molecule has 1 aliphatic heterocycles. The predicted molar refractivity (Wildman–Crippen MR) is 109 cm³/mol. The van der Waals surface area contributed by atoms with Gasteiger partial charge in [0.1, 0.15) is 0 Å². The van der Waals surface area contributed by atoms with Gasteiger partial charge in [-0.1, -0.05) is 35.5 Å². The number of aliphatic imine (C=N–C) groups is 1. The SMILES string of the molecule is NC1=NC2(Oc3cc(/C=C/c4ccc(Cl)cn4)ccc3F)CCCC2CS1. The van der Waals surface area contributed by atoms with Crippen LogP contribution in [0.4, 0.5) is 4.39 Å². The molecular formula is C20H19ClFN3OS. The number of rotatable bonds is 4. The molecule has 1 aromatic heterocycles. The van der Waals surface area contributed by atoms with Crippen LogP contribution in [0.15, 0.2) is 41.5 Å². The monoisotopic (exact) mass is 403 g/mol. The van der Waals surface area contributed by atoms with Crippen LogP contribution in [0.25, 0.3) is 12.2 Å². The summed E-state index contributed by atoms with van der Waals surface area (Å²) < 4.78 is 20.6. The summed E-state index contributed by atoms with van der Waals surface area (Å²) in [5.74, 6) is 0.922.